The first-order chi connectivity index (χ1) is 7.99. The predicted molar refractivity (Wildman–Crippen MR) is 59.8 cm³/mol. The molecule has 104 valence electrons. The standard InChI is InChI=1S/C11H22F3NO2/c1-3-16-10(17-4-2)6-9-15-8-5-7-11(12,13)14/h10,15H,3-9H2,1-2H3. The molecule has 0 aliphatic carbocycles. The van der Waals surface area contributed by atoms with E-state index in [2.05, 4.69) is 5.32 Å². The van der Waals surface area contributed by atoms with E-state index in [4.69, 9.17) is 9.47 Å². The van der Waals surface area contributed by atoms with Gasteiger partial charge in [0.2, 0.25) is 0 Å². The number of nitrogens with one attached hydrogen (secondary N) is 1. The van der Waals surface area contributed by atoms with Gasteiger partial charge >= 0.3 is 6.18 Å². The van der Waals surface area contributed by atoms with E-state index in [1.165, 1.54) is 0 Å². The minimum atomic E-state index is -4.05. The van der Waals surface area contributed by atoms with Crippen LogP contribution in [0.25, 0.3) is 0 Å². The number of alkyl halides is 3. The molecule has 0 aliphatic heterocycles. The average Bonchev–Trinajstić information content (AvgIpc) is 2.22. The van der Waals surface area contributed by atoms with Crippen LogP contribution in [0.4, 0.5) is 13.2 Å². The number of hydrogen-bond donors (Lipinski definition) is 1. The Morgan fingerprint density at radius 3 is 2.12 bits per heavy atom. The first-order valence-corrected chi connectivity index (χ1v) is 6.00. The van der Waals surface area contributed by atoms with Crippen LogP contribution in [0.1, 0.15) is 33.1 Å². The second kappa shape index (κ2) is 9.67. The highest BCUT2D eigenvalue weighted by Gasteiger charge is 2.25. The fourth-order valence-electron chi connectivity index (χ4n) is 1.35. The molecule has 0 aromatic rings. The second-order valence-corrected chi connectivity index (χ2v) is 3.60. The summed E-state index contributed by atoms with van der Waals surface area (Å²) in [6, 6.07) is 0. The molecule has 0 unspecified atom stereocenters. The third-order valence-electron chi connectivity index (χ3n) is 2.08. The van der Waals surface area contributed by atoms with E-state index in [0.29, 0.717) is 32.7 Å². The van der Waals surface area contributed by atoms with Gasteiger partial charge in [0.1, 0.15) is 0 Å². The molecule has 3 nitrogen and oxygen atoms in total. The minimum absolute atomic E-state index is 0.109. The summed E-state index contributed by atoms with van der Waals surface area (Å²) in [5.74, 6) is 0. The van der Waals surface area contributed by atoms with Gasteiger partial charge in [-0.05, 0) is 33.4 Å². The lowest BCUT2D eigenvalue weighted by Crippen LogP contribution is -2.26. The zero-order valence-corrected chi connectivity index (χ0v) is 10.5. The molecule has 0 atom stereocenters. The summed E-state index contributed by atoms with van der Waals surface area (Å²) in [6.45, 7) is 5.86. The van der Waals surface area contributed by atoms with Crippen LogP contribution in [-0.4, -0.2) is 38.8 Å². The molecular formula is C11H22F3NO2. The van der Waals surface area contributed by atoms with Crippen molar-refractivity contribution in [3.63, 3.8) is 0 Å². The van der Waals surface area contributed by atoms with Crippen LogP contribution in [0.15, 0.2) is 0 Å². The van der Waals surface area contributed by atoms with Crippen molar-refractivity contribution < 1.29 is 22.6 Å². The molecule has 0 spiro atoms. The molecule has 0 saturated heterocycles. The molecule has 0 fully saturated rings. The summed E-state index contributed by atoms with van der Waals surface area (Å²) in [5.41, 5.74) is 0. The summed E-state index contributed by atoms with van der Waals surface area (Å²) in [6.07, 6.45) is -4.30. The Kier molecular flexibility index (Phi) is 9.49. The summed E-state index contributed by atoms with van der Waals surface area (Å²) < 4.78 is 46.1. The van der Waals surface area contributed by atoms with Crippen LogP contribution < -0.4 is 5.32 Å². The third-order valence-corrected chi connectivity index (χ3v) is 2.08. The Morgan fingerprint density at radius 2 is 1.65 bits per heavy atom. The maximum Gasteiger partial charge on any atom is 0.389 e. The highest BCUT2D eigenvalue weighted by atomic mass is 19.4. The van der Waals surface area contributed by atoms with E-state index in [-0.39, 0.29) is 12.7 Å². The van der Waals surface area contributed by atoms with Crippen molar-refractivity contribution in [1.82, 2.24) is 5.32 Å². The van der Waals surface area contributed by atoms with E-state index in [0.717, 1.165) is 0 Å². The molecule has 0 saturated carbocycles. The fourth-order valence-corrected chi connectivity index (χ4v) is 1.35. The van der Waals surface area contributed by atoms with Gasteiger partial charge in [-0.25, -0.2) is 0 Å². The topological polar surface area (TPSA) is 30.5 Å². The van der Waals surface area contributed by atoms with Gasteiger partial charge in [-0.3, -0.25) is 0 Å². The van der Waals surface area contributed by atoms with E-state index in [1.807, 2.05) is 13.8 Å². The van der Waals surface area contributed by atoms with Crippen LogP contribution in [0.5, 0.6) is 0 Å². The third kappa shape index (κ3) is 11.9. The molecule has 0 radical (unpaired) electrons. The lowest BCUT2D eigenvalue weighted by molar-refractivity contribution is -0.139. The molecule has 0 amide bonds. The van der Waals surface area contributed by atoms with Gasteiger partial charge in [-0.15, -0.1) is 0 Å². The van der Waals surface area contributed by atoms with Gasteiger partial charge in [0.25, 0.3) is 0 Å². The number of rotatable bonds is 10. The van der Waals surface area contributed by atoms with Crippen LogP contribution in [-0.2, 0) is 9.47 Å². The molecule has 1 N–H and O–H groups in total. The first-order valence-electron chi connectivity index (χ1n) is 6.00. The zero-order valence-electron chi connectivity index (χ0n) is 10.5. The zero-order chi connectivity index (χ0) is 13.1. The highest BCUT2D eigenvalue weighted by molar-refractivity contribution is 4.55. The van der Waals surface area contributed by atoms with Crippen LogP contribution in [0.2, 0.25) is 0 Å². The molecule has 0 aromatic carbocycles. The smallest absolute Gasteiger partial charge is 0.353 e. The van der Waals surface area contributed by atoms with Crippen LogP contribution in [0.3, 0.4) is 0 Å². The fraction of sp³-hybridized carbons (Fsp3) is 1.00. The SMILES string of the molecule is CCOC(CCNCCCC(F)(F)F)OCC. The lowest BCUT2D eigenvalue weighted by atomic mass is 10.3. The van der Waals surface area contributed by atoms with E-state index < -0.39 is 12.6 Å². The monoisotopic (exact) mass is 257 g/mol. The Hall–Kier alpha value is -0.330. The Morgan fingerprint density at radius 1 is 1.06 bits per heavy atom. The molecule has 0 aliphatic rings. The maximum absolute atomic E-state index is 11.8. The largest absolute Gasteiger partial charge is 0.389 e. The molecule has 0 rings (SSSR count). The first kappa shape index (κ1) is 16.7. The Balaban J connectivity index is 3.41. The van der Waals surface area contributed by atoms with Crippen molar-refractivity contribution in [1.29, 1.82) is 0 Å². The van der Waals surface area contributed by atoms with E-state index in [1.54, 1.807) is 0 Å². The van der Waals surface area contributed by atoms with Gasteiger partial charge < -0.3 is 14.8 Å². The van der Waals surface area contributed by atoms with Gasteiger partial charge in [0.15, 0.2) is 6.29 Å². The number of halogens is 3. The Bertz CT molecular complexity index is 171. The molecule has 17 heavy (non-hydrogen) atoms. The molecule has 0 bridgehead atoms. The minimum Gasteiger partial charge on any atom is -0.353 e. The van der Waals surface area contributed by atoms with E-state index >= 15 is 0 Å². The number of hydrogen-bond acceptors (Lipinski definition) is 3. The lowest BCUT2D eigenvalue weighted by Gasteiger charge is -2.17. The van der Waals surface area contributed by atoms with Crippen molar-refractivity contribution in [3.8, 4) is 0 Å². The summed E-state index contributed by atoms with van der Waals surface area (Å²) in [5, 5.41) is 2.95. The van der Waals surface area contributed by atoms with Crippen LogP contribution >= 0.6 is 0 Å². The quantitative estimate of drug-likeness (QED) is 0.482. The molecule has 0 heterocycles. The van der Waals surface area contributed by atoms with Crippen molar-refractivity contribution in [2.24, 2.45) is 0 Å². The van der Waals surface area contributed by atoms with Gasteiger partial charge in [0, 0.05) is 26.1 Å². The summed E-state index contributed by atoms with van der Waals surface area (Å²) >= 11 is 0. The molecular weight excluding hydrogens is 235 g/mol. The van der Waals surface area contributed by atoms with Gasteiger partial charge in [-0.2, -0.15) is 13.2 Å². The van der Waals surface area contributed by atoms with Crippen molar-refractivity contribution in [2.45, 2.75) is 45.6 Å². The predicted octanol–water partition coefficient (Wildman–Crippen LogP) is 2.71. The second-order valence-electron chi connectivity index (χ2n) is 3.60. The highest BCUT2D eigenvalue weighted by Crippen LogP contribution is 2.20. The molecule has 6 heteroatoms. The molecule has 0 aromatic heterocycles. The van der Waals surface area contributed by atoms with Gasteiger partial charge in [-0.1, -0.05) is 0 Å². The Labute approximate surface area is 101 Å². The van der Waals surface area contributed by atoms with Gasteiger partial charge in [0.05, 0.1) is 0 Å². The van der Waals surface area contributed by atoms with Crippen LogP contribution in [0, 0.1) is 0 Å². The average molecular weight is 257 g/mol. The summed E-state index contributed by atoms with van der Waals surface area (Å²) in [7, 11) is 0. The van der Waals surface area contributed by atoms with Crippen molar-refractivity contribution in [3.05, 3.63) is 0 Å². The normalized spacial score (nSPS) is 12.4. The maximum atomic E-state index is 11.8. The number of ether oxygens (including phenoxy) is 2. The van der Waals surface area contributed by atoms with E-state index in [9.17, 15) is 13.2 Å². The van der Waals surface area contributed by atoms with Crippen molar-refractivity contribution in [2.75, 3.05) is 26.3 Å². The summed E-state index contributed by atoms with van der Waals surface area (Å²) in [4.78, 5) is 0. The van der Waals surface area contributed by atoms with Crippen molar-refractivity contribution >= 4 is 0 Å².